The van der Waals surface area contributed by atoms with E-state index >= 15 is 0 Å². The van der Waals surface area contributed by atoms with Crippen molar-refractivity contribution in [3.63, 3.8) is 0 Å². The van der Waals surface area contributed by atoms with Gasteiger partial charge in [0, 0.05) is 32.9 Å². The first-order chi connectivity index (χ1) is 12.3. The second-order valence-corrected chi connectivity index (χ2v) is 5.77. The van der Waals surface area contributed by atoms with Crippen molar-refractivity contribution in [1.82, 2.24) is 20.4 Å². The molecule has 1 heterocycles. The predicted octanol–water partition coefficient (Wildman–Crippen LogP) is 2.12. The molecule has 136 valence electrons. The first-order valence-corrected chi connectivity index (χ1v) is 8.90. The number of nitrogens with one attached hydrogen (secondary N) is 2. The Morgan fingerprint density at radius 3 is 2.72 bits per heavy atom. The summed E-state index contributed by atoms with van der Waals surface area (Å²) in [5, 5.41) is 10.8. The molecule has 0 radical (unpaired) electrons. The lowest BCUT2D eigenvalue weighted by Gasteiger charge is -2.11. The Morgan fingerprint density at radius 2 is 2.00 bits per heavy atom. The van der Waals surface area contributed by atoms with E-state index in [2.05, 4.69) is 51.9 Å². The molecule has 0 saturated heterocycles. The van der Waals surface area contributed by atoms with Crippen LogP contribution in [0, 0.1) is 0 Å². The molecule has 2 rings (SSSR count). The molecule has 0 bridgehead atoms. The summed E-state index contributed by atoms with van der Waals surface area (Å²) in [5.74, 6) is 0.827. The first-order valence-electron chi connectivity index (χ1n) is 8.90. The molecule has 25 heavy (non-hydrogen) atoms. The molecule has 0 saturated carbocycles. The van der Waals surface area contributed by atoms with Crippen molar-refractivity contribution in [2.24, 2.45) is 12.0 Å². The second-order valence-electron chi connectivity index (χ2n) is 5.77. The van der Waals surface area contributed by atoms with Gasteiger partial charge in [0.05, 0.1) is 18.8 Å². The number of hydrogen-bond donors (Lipinski definition) is 2. The number of aliphatic imine (C=N–C) groups is 1. The number of aryl methyl sites for hydroxylation is 1. The highest BCUT2D eigenvalue weighted by molar-refractivity contribution is 5.79. The zero-order valence-corrected chi connectivity index (χ0v) is 15.2. The Bertz CT molecular complexity index is 624. The van der Waals surface area contributed by atoms with Crippen LogP contribution in [0.1, 0.15) is 24.6 Å². The van der Waals surface area contributed by atoms with Crippen molar-refractivity contribution >= 4 is 5.96 Å². The summed E-state index contributed by atoms with van der Waals surface area (Å²) in [5.41, 5.74) is 2.40. The molecule has 1 aromatic heterocycles. The smallest absolute Gasteiger partial charge is 0.191 e. The summed E-state index contributed by atoms with van der Waals surface area (Å²) >= 11 is 0. The summed E-state index contributed by atoms with van der Waals surface area (Å²) in [6.07, 6.45) is 3.70. The van der Waals surface area contributed by atoms with Crippen LogP contribution in [0.25, 0.3) is 0 Å². The predicted molar refractivity (Wildman–Crippen MR) is 102 cm³/mol. The fourth-order valence-corrected chi connectivity index (χ4v) is 2.38. The first kappa shape index (κ1) is 19.0. The van der Waals surface area contributed by atoms with Gasteiger partial charge >= 0.3 is 0 Å². The van der Waals surface area contributed by atoms with Gasteiger partial charge in [0.2, 0.25) is 0 Å². The van der Waals surface area contributed by atoms with Crippen molar-refractivity contribution in [3.05, 3.63) is 53.9 Å². The van der Waals surface area contributed by atoms with Gasteiger partial charge in [-0.1, -0.05) is 30.3 Å². The van der Waals surface area contributed by atoms with Gasteiger partial charge in [0.15, 0.2) is 5.96 Å². The molecule has 0 amide bonds. The van der Waals surface area contributed by atoms with Crippen molar-refractivity contribution in [3.8, 4) is 0 Å². The lowest BCUT2D eigenvalue weighted by atomic mass is 10.2. The fraction of sp³-hybridized carbons (Fsp3) is 0.474. The van der Waals surface area contributed by atoms with E-state index < -0.39 is 0 Å². The molecule has 0 fully saturated rings. The minimum Gasteiger partial charge on any atom is -0.381 e. The average molecular weight is 343 g/mol. The summed E-state index contributed by atoms with van der Waals surface area (Å²) in [6.45, 7) is 5.86. The number of rotatable bonds is 10. The average Bonchev–Trinajstić information content (AvgIpc) is 3.04. The van der Waals surface area contributed by atoms with E-state index in [9.17, 15) is 0 Å². The van der Waals surface area contributed by atoms with E-state index in [4.69, 9.17) is 4.74 Å². The normalized spacial score (nSPS) is 11.5. The lowest BCUT2D eigenvalue weighted by molar-refractivity contribution is 0.135. The summed E-state index contributed by atoms with van der Waals surface area (Å²) in [7, 11) is 1.93. The zero-order chi connectivity index (χ0) is 17.7. The fourth-order valence-electron chi connectivity index (χ4n) is 2.38. The minimum atomic E-state index is 0.611. The molecule has 0 aliphatic heterocycles. The highest BCUT2D eigenvalue weighted by Crippen LogP contribution is 2.00. The number of aromatic nitrogens is 2. The summed E-state index contributed by atoms with van der Waals surface area (Å²) in [4.78, 5) is 4.58. The van der Waals surface area contributed by atoms with Crippen molar-refractivity contribution < 1.29 is 4.74 Å². The quantitative estimate of drug-likeness (QED) is 0.394. The van der Waals surface area contributed by atoms with Gasteiger partial charge in [-0.2, -0.15) is 5.10 Å². The maximum Gasteiger partial charge on any atom is 0.191 e. The third-order valence-corrected chi connectivity index (χ3v) is 3.80. The maximum atomic E-state index is 5.70. The molecular weight excluding hydrogens is 314 g/mol. The van der Waals surface area contributed by atoms with Gasteiger partial charge < -0.3 is 15.4 Å². The van der Waals surface area contributed by atoms with Crippen LogP contribution in [-0.2, 0) is 24.8 Å². The highest BCUT2D eigenvalue weighted by atomic mass is 16.5. The molecule has 2 aromatic rings. The Hall–Kier alpha value is -2.34. The van der Waals surface area contributed by atoms with E-state index in [1.165, 1.54) is 5.56 Å². The largest absolute Gasteiger partial charge is 0.381 e. The van der Waals surface area contributed by atoms with Crippen LogP contribution >= 0.6 is 0 Å². The van der Waals surface area contributed by atoms with Gasteiger partial charge in [-0.25, -0.2) is 4.99 Å². The van der Waals surface area contributed by atoms with E-state index in [1.54, 1.807) is 6.20 Å². The lowest BCUT2D eigenvalue weighted by Crippen LogP contribution is -2.38. The van der Waals surface area contributed by atoms with E-state index in [1.807, 2.05) is 23.9 Å². The van der Waals surface area contributed by atoms with Gasteiger partial charge in [-0.3, -0.25) is 4.68 Å². The molecular formula is C19H29N5O. The van der Waals surface area contributed by atoms with Gasteiger partial charge in [-0.15, -0.1) is 0 Å². The number of ether oxygens (including phenoxy) is 1. The molecule has 0 atom stereocenters. The number of benzene rings is 1. The Balaban J connectivity index is 1.60. The minimum absolute atomic E-state index is 0.611. The molecule has 6 heteroatoms. The van der Waals surface area contributed by atoms with Crippen molar-refractivity contribution in [2.45, 2.75) is 26.3 Å². The maximum absolute atomic E-state index is 5.70. The molecule has 1 aromatic carbocycles. The van der Waals surface area contributed by atoms with Crippen molar-refractivity contribution in [1.29, 1.82) is 0 Å². The van der Waals surface area contributed by atoms with Crippen molar-refractivity contribution in [2.75, 3.05) is 26.3 Å². The summed E-state index contributed by atoms with van der Waals surface area (Å²) < 4.78 is 7.54. The monoisotopic (exact) mass is 343 g/mol. The van der Waals surface area contributed by atoms with E-state index in [0.717, 1.165) is 50.8 Å². The molecule has 6 nitrogen and oxygen atoms in total. The van der Waals surface area contributed by atoms with Crippen LogP contribution in [0.4, 0.5) is 0 Å². The van der Waals surface area contributed by atoms with Crippen LogP contribution in [0.5, 0.6) is 0 Å². The SMILES string of the molecule is CCNC(=NCc1ccnn1C)NCCCOCCc1ccccc1. The molecule has 0 unspecified atom stereocenters. The topological polar surface area (TPSA) is 63.5 Å². The highest BCUT2D eigenvalue weighted by Gasteiger charge is 2.00. The number of nitrogens with zero attached hydrogens (tertiary/aromatic N) is 3. The van der Waals surface area contributed by atoms with Gasteiger partial charge in [0.25, 0.3) is 0 Å². The third-order valence-electron chi connectivity index (χ3n) is 3.80. The zero-order valence-electron chi connectivity index (χ0n) is 15.2. The standard InChI is InChI=1S/C19H29N5O/c1-3-20-19(22-16-18-10-13-23-24(18)2)21-12-7-14-25-15-11-17-8-5-4-6-9-17/h4-6,8-10,13H,3,7,11-12,14-16H2,1-2H3,(H2,20,21,22). The van der Waals surface area contributed by atoms with Crippen LogP contribution in [0.3, 0.4) is 0 Å². The van der Waals surface area contributed by atoms with Gasteiger partial charge in [-0.05, 0) is 31.4 Å². The Labute approximate surface area is 150 Å². The summed E-state index contributed by atoms with van der Waals surface area (Å²) in [6, 6.07) is 12.4. The molecule has 0 spiro atoms. The van der Waals surface area contributed by atoms with Crippen LogP contribution in [-0.4, -0.2) is 42.0 Å². The Morgan fingerprint density at radius 1 is 1.16 bits per heavy atom. The van der Waals surface area contributed by atoms with E-state index in [0.29, 0.717) is 6.54 Å². The van der Waals surface area contributed by atoms with Crippen LogP contribution < -0.4 is 10.6 Å². The third kappa shape index (κ3) is 7.39. The van der Waals surface area contributed by atoms with Gasteiger partial charge in [0.1, 0.15) is 0 Å². The number of hydrogen-bond acceptors (Lipinski definition) is 3. The molecule has 0 aliphatic rings. The van der Waals surface area contributed by atoms with Crippen LogP contribution in [0.15, 0.2) is 47.6 Å². The second kappa shape index (κ2) is 11.3. The Kier molecular flexibility index (Phi) is 8.55. The van der Waals surface area contributed by atoms with E-state index in [-0.39, 0.29) is 0 Å². The van der Waals surface area contributed by atoms with Crippen LogP contribution in [0.2, 0.25) is 0 Å². The molecule has 0 aliphatic carbocycles. The molecule has 2 N–H and O–H groups in total. The number of guanidine groups is 1.